The predicted molar refractivity (Wildman–Crippen MR) is 140 cm³/mol. The molecule has 1 aliphatic rings. The predicted octanol–water partition coefficient (Wildman–Crippen LogP) is 4.24. The maximum atomic E-state index is 15.0. The Morgan fingerprint density at radius 2 is 1.70 bits per heavy atom. The second-order valence-corrected chi connectivity index (χ2v) is 8.91. The van der Waals surface area contributed by atoms with Crippen LogP contribution >= 0.6 is 0 Å². The Labute approximate surface area is 216 Å². The number of rotatable bonds is 9. The summed E-state index contributed by atoms with van der Waals surface area (Å²) >= 11 is 0. The van der Waals surface area contributed by atoms with Gasteiger partial charge in [-0.3, -0.25) is 4.79 Å². The Morgan fingerprint density at radius 3 is 2.30 bits per heavy atom. The highest BCUT2D eigenvalue weighted by atomic mass is 19.1. The monoisotopic (exact) mass is 505 g/mol. The summed E-state index contributed by atoms with van der Waals surface area (Å²) in [7, 11) is 1.24. The molecule has 0 bridgehead atoms. The fourth-order valence-electron chi connectivity index (χ4n) is 4.62. The van der Waals surface area contributed by atoms with Crippen molar-refractivity contribution < 1.29 is 23.5 Å². The van der Waals surface area contributed by atoms with Gasteiger partial charge in [0, 0.05) is 19.0 Å². The molecule has 37 heavy (non-hydrogen) atoms. The highest BCUT2D eigenvalue weighted by Gasteiger charge is 2.33. The molecule has 3 aromatic carbocycles. The third kappa shape index (κ3) is 6.93. The van der Waals surface area contributed by atoms with Gasteiger partial charge in [0.25, 0.3) is 0 Å². The number of halogens is 1. The number of alkyl carbamates (subject to hydrolysis) is 1. The largest absolute Gasteiger partial charge is 0.453 e. The molecular formula is C29H32FN3O4. The fraction of sp³-hybridized carbons (Fsp3) is 0.310. The summed E-state index contributed by atoms with van der Waals surface area (Å²) in [6.45, 7) is 2.19. The quantitative estimate of drug-likeness (QED) is 0.405. The van der Waals surface area contributed by atoms with E-state index in [9.17, 15) is 9.59 Å². The second-order valence-electron chi connectivity index (χ2n) is 8.91. The molecule has 0 aromatic heterocycles. The molecule has 1 saturated heterocycles. The van der Waals surface area contributed by atoms with Crippen molar-refractivity contribution in [3.63, 3.8) is 0 Å². The van der Waals surface area contributed by atoms with Crippen LogP contribution in [0, 0.1) is 5.82 Å². The Kier molecular flexibility index (Phi) is 9.24. The molecule has 3 aromatic rings. The molecule has 0 aliphatic carbocycles. The van der Waals surface area contributed by atoms with Crippen molar-refractivity contribution in [1.82, 2.24) is 10.6 Å². The minimum absolute atomic E-state index is 0.0230. The van der Waals surface area contributed by atoms with E-state index < -0.39 is 29.8 Å². The summed E-state index contributed by atoms with van der Waals surface area (Å²) in [5, 5.41) is 8.75. The van der Waals surface area contributed by atoms with Crippen molar-refractivity contribution >= 4 is 17.7 Å². The number of aryl methyl sites for hydroxylation is 1. The highest BCUT2D eigenvalue weighted by Crippen LogP contribution is 2.30. The van der Waals surface area contributed by atoms with E-state index in [2.05, 4.69) is 16.0 Å². The van der Waals surface area contributed by atoms with Gasteiger partial charge in [-0.15, -0.1) is 0 Å². The average Bonchev–Trinajstić information content (AvgIpc) is 2.94. The van der Waals surface area contributed by atoms with Crippen molar-refractivity contribution in [2.75, 3.05) is 32.1 Å². The third-order valence-corrected chi connectivity index (χ3v) is 6.48. The SMILES string of the molecule is COC(=O)N[C@H](C(=O)Nc1c(F)cccc1CC[C@@H]1CNCCO1)C(c1ccccc1)c1ccccc1. The van der Waals surface area contributed by atoms with E-state index >= 15 is 4.39 Å². The number of para-hydroxylation sites is 1. The minimum Gasteiger partial charge on any atom is -0.453 e. The number of hydrogen-bond acceptors (Lipinski definition) is 5. The molecule has 0 radical (unpaired) electrons. The molecule has 2 atom stereocenters. The van der Waals surface area contributed by atoms with Gasteiger partial charge >= 0.3 is 6.09 Å². The van der Waals surface area contributed by atoms with Crippen LogP contribution in [-0.4, -0.2) is 51.0 Å². The first kappa shape index (κ1) is 26.3. The lowest BCUT2D eigenvalue weighted by Crippen LogP contribution is -2.48. The molecule has 3 N–H and O–H groups in total. The van der Waals surface area contributed by atoms with Crippen LogP contribution < -0.4 is 16.0 Å². The summed E-state index contributed by atoms with van der Waals surface area (Å²) in [6, 6.07) is 22.5. The van der Waals surface area contributed by atoms with Crippen molar-refractivity contribution in [1.29, 1.82) is 0 Å². The average molecular weight is 506 g/mol. The molecule has 1 aliphatic heterocycles. The van der Waals surface area contributed by atoms with Gasteiger partial charge < -0.3 is 25.4 Å². The molecule has 4 rings (SSSR count). The van der Waals surface area contributed by atoms with Gasteiger partial charge in [0.2, 0.25) is 5.91 Å². The number of benzene rings is 3. The maximum Gasteiger partial charge on any atom is 0.407 e. The zero-order valence-electron chi connectivity index (χ0n) is 20.8. The molecule has 7 nitrogen and oxygen atoms in total. The van der Waals surface area contributed by atoms with E-state index in [0.29, 0.717) is 25.0 Å². The summed E-state index contributed by atoms with van der Waals surface area (Å²) in [4.78, 5) is 26.1. The molecular weight excluding hydrogens is 473 g/mol. The van der Waals surface area contributed by atoms with Crippen LogP contribution in [0.25, 0.3) is 0 Å². The van der Waals surface area contributed by atoms with Gasteiger partial charge in [0.15, 0.2) is 0 Å². The van der Waals surface area contributed by atoms with Gasteiger partial charge in [0.05, 0.1) is 25.5 Å². The van der Waals surface area contributed by atoms with Gasteiger partial charge in [-0.25, -0.2) is 9.18 Å². The Hall–Kier alpha value is -3.75. The van der Waals surface area contributed by atoms with E-state index in [1.165, 1.54) is 13.2 Å². The zero-order chi connectivity index (χ0) is 26.0. The van der Waals surface area contributed by atoms with E-state index in [1.54, 1.807) is 12.1 Å². The first-order valence-corrected chi connectivity index (χ1v) is 12.4. The van der Waals surface area contributed by atoms with Crippen LogP contribution in [0.2, 0.25) is 0 Å². The minimum atomic E-state index is -1.07. The number of hydrogen-bond donors (Lipinski definition) is 3. The summed E-state index contributed by atoms with van der Waals surface area (Å²) in [5.41, 5.74) is 2.41. The zero-order valence-corrected chi connectivity index (χ0v) is 20.8. The fourth-order valence-corrected chi connectivity index (χ4v) is 4.62. The van der Waals surface area contributed by atoms with Gasteiger partial charge in [-0.05, 0) is 35.6 Å². The Bertz CT molecular complexity index is 1130. The number of amides is 2. The standard InChI is InChI=1S/C29H32FN3O4/c1-36-29(35)33-27(25(20-9-4-2-5-10-20)21-11-6-3-7-12-21)28(34)32-26-22(13-8-14-24(26)30)15-16-23-19-31-17-18-37-23/h2-14,23,25,27,31H,15-19H2,1H3,(H,32,34)(H,33,35)/t23-,27+/m1/s1. The number of anilines is 1. The van der Waals surface area contributed by atoms with Gasteiger partial charge in [0.1, 0.15) is 11.9 Å². The second kappa shape index (κ2) is 13.0. The number of carbonyl (C=O) groups is 2. The van der Waals surface area contributed by atoms with Gasteiger partial charge in [-0.1, -0.05) is 72.8 Å². The Balaban J connectivity index is 1.64. The van der Waals surface area contributed by atoms with Crippen molar-refractivity contribution in [2.24, 2.45) is 0 Å². The van der Waals surface area contributed by atoms with E-state index in [1.807, 2.05) is 60.7 Å². The molecule has 1 heterocycles. The lowest BCUT2D eigenvalue weighted by atomic mass is 9.84. The van der Waals surface area contributed by atoms with Crippen molar-refractivity contribution in [3.05, 3.63) is 101 Å². The molecule has 0 saturated carbocycles. The number of methoxy groups -OCH3 is 1. The lowest BCUT2D eigenvalue weighted by Gasteiger charge is -2.28. The molecule has 0 unspecified atom stereocenters. The third-order valence-electron chi connectivity index (χ3n) is 6.48. The van der Waals surface area contributed by atoms with Crippen LogP contribution in [0.5, 0.6) is 0 Å². The molecule has 0 spiro atoms. The first-order chi connectivity index (χ1) is 18.1. The summed E-state index contributed by atoms with van der Waals surface area (Å²) in [5.74, 6) is -1.63. The van der Waals surface area contributed by atoms with E-state index in [-0.39, 0.29) is 11.8 Å². The molecule has 2 amide bonds. The summed E-state index contributed by atoms with van der Waals surface area (Å²) in [6.07, 6.45) is 0.470. The molecule has 1 fully saturated rings. The number of ether oxygens (including phenoxy) is 2. The number of carbonyl (C=O) groups excluding carboxylic acids is 2. The van der Waals surface area contributed by atoms with E-state index in [0.717, 1.165) is 24.2 Å². The van der Waals surface area contributed by atoms with Gasteiger partial charge in [-0.2, -0.15) is 0 Å². The molecule has 8 heteroatoms. The number of nitrogens with one attached hydrogen (secondary N) is 3. The van der Waals surface area contributed by atoms with Crippen LogP contribution in [0.15, 0.2) is 78.9 Å². The summed E-state index contributed by atoms with van der Waals surface area (Å²) < 4.78 is 25.6. The topological polar surface area (TPSA) is 88.7 Å². The van der Waals surface area contributed by atoms with Crippen LogP contribution in [0.3, 0.4) is 0 Å². The van der Waals surface area contributed by atoms with Crippen molar-refractivity contribution in [3.8, 4) is 0 Å². The molecule has 194 valence electrons. The Morgan fingerprint density at radius 1 is 1.03 bits per heavy atom. The van der Waals surface area contributed by atoms with Crippen LogP contribution in [-0.2, 0) is 20.7 Å². The van der Waals surface area contributed by atoms with Crippen molar-refractivity contribution in [2.45, 2.75) is 30.9 Å². The number of morpholine rings is 1. The highest BCUT2D eigenvalue weighted by molar-refractivity contribution is 5.98. The first-order valence-electron chi connectivity index (χ1n) is 12.4. The lowest BCUT2D eigenvalue weighted by molar-refractivity contribution is -0.118. The normalized spacial score (nSPS) is 16.1. The van der Waals surface area contributed by atoms with Crippen LogP contribution in [0.4, 0.5) is 14.9 Å². The van der Waals surface area contributed by atoms with E-state index in [4.69, 9.17) is 9.47 Å². The maximum absolute atomic E-state index is 15.0. The smallest absolute Gasteiger partial charge is 0.407 e. The van der Waals surface area contributed by atoms with Crippen LogP contribution in [0.1, 0.15) is 29.0 Å².